The summed E-state index contributed by atoms with van der Waals surface area (Å²) < 4.78 is 6.71. The molecule has 0 atom stereocenters. The summed E-state index contributed by atoms with van der Waals surface area (Å²) >= 11 is 9.11. The smallest absolute Gasteiger partial charge is 0.307 e. The normalized spacial score (nSPS) is 12.6. The minimum absolute atomic E-state index is 0.0199. The molecule has 1 aromatic carbocycles. The fourth-order valence-electron chi connectivity index (χ4n) is 2.59. The van der Waals surface area contributed by atoms with Crippen molar-refractivity contribution in [3.05, 3.63) is 63.0 Å². The SMILES string of the molecule is O=C(O)Cc1ccc(Oc2nc(-c3ccc(Cl)s3)nc3c2CSC=C3)cc1. The first-order valence-electron chi connectivity index (χ1n) is 8.02. The van der Waals surface area contributed by atoms with Crippen molar-refractivity contribution in [2.24, 2.45) is 0 Å². The lowest BCUT2D eigenvalue weighted by Gasteiger charge is -2.15. The number of rotatable bonds is 5. The largest absolute Gasteiger partial charge is 0.481 e. The van der Waals surface area contributed by atoms with Crippen molar-refractivity contribution in [2.75, 3.05) is 0 Å². The van der Waals surface area contributed by atoms with Gasteiger partial charge in [-0.05, 0) is 41.3 Å². The van der Waals surface area contributed by atoms with Gasteiger partial charge in [0, 0.05) is 5.75 Å². The zero-order valence-corrected chi connectivity index (χ0v) is 16.3. The Balaban J connectivity index is 1.69. The van der Waals surface area contributed by atoms with Crippen LogP contribution in [0.2, 0.25) is 4.34 Å². The molecule has 0 spiro atoms. The van der Waals surface area contributed by atoms with E-state index in [9.17, 15) is 4.79 Å². The zero-order valence-electron chi connectivity index (χ0n) is 13.9. The highest BCUT2D eigenvalue weighted by molar-refractivity contribution is 8.01. The molecule has 0 unspecified atom stereocenters. The molecule has 0 saturated carbocycles. The predicted octanol–water partition coefficient (Wildman–Crippen LogP) is 5.50. The van der Waals surface area contributed by atoms with Gasteiger partial charge in [-0.1, -0.05) is 23.7 Å². The molecule has 0 radical (unpaired) electrons. The molecular weight excluding hydrogens is 404 g/mol. The standard InChI is InChI=1S/C19H13ClN2O3S2/c20-16-6-5-15(27-16)18-21-14-7-8-26-10-13(14)19(22-18)25-12-3-1-11(2-4-12)9-17(23)24/h1-8H,9-10H2,(H,23,24). The number of carboxylic acid groups (broad SMARTS) is 1. The summed E-state index contributed by atoms with van der Waals surface area (Å²) in [6, 6.07) is 10.7. The van der Waals surface area contributed by atoms with Gasteiger partial charge in [0.1, 0.15) is 5.75 Å². The van der Waals surface area contributed by atoms with E-state index in [-0.39, 0.29) is 6.42 Å². The zero-order chi connectivity index (χ0) is 18.8. The third-order valence-electron chi connectivity index (χ3n) is 3.84. The Hall–Kier alpha value is -2.35. The lowest BCUT2D eigenvalue weighted by molar-refractivity contribution is -0.136. The summed E-state index contributed by atoms with van der Waals surface area (Å²) in [5, 5.41) is 10.9. The number of hydrogen-bond acceptors (Lipinski definition) is 6. The van der Waals surface area contributed by atoms with Gasteiger partial charge in [-0.3, -0.25) is 4.79 Å². The Morgan fingerprint density at radius 1 is 1.19 bits per heavy atom. The van der Waals surface area contributed by atoms with Crippen LogP contribution < -0.4 is 4.74 Å². The monoisotopic (exact) mass is 416 g/mol. The van der Waals surface area contributed by atoms with E-state index in [4.69, 9.17) is 21.4 Å². The minimum Gasteiger partial charge on any atom is -0.481 e. The Bertz CT molecular complexity index is 1030. The number of carbonyl (C=O) groups is 1. The highest BCUT2D eigenvalue weighted by Gasteiger charge is 2.19. The van der Waals surface area contributed by atoms with Crippen LogP contribution in [0.25, 0.3) is 16.8 Å². The fraction of sp³-hybridized carbons (Fsp3) is 0.105. The maximum absolute atomic E-state index is 10.8. The molecule has 27 heavy (non-hydrogen) atoms. The Kier molecular flexibility index (Phi) is 5.15. The third kappa shape index (κ3) is 4.16. The molecule has 4 rings (SSSR count). The van der Waals surface area contributed by atoms with Gasteiger partial charge in [0.05, 0.1) is 26.9 Å². The number of nitrogens with zero attached hydrogens (tertiary/aromatic N) is 2. The topological polar surface area (TPSA) is 72.3 Å². The number of ether oxygens (including phenoxy) is 1. The van der Waals surface area contributed by atoms with Crippen LogP contribution in [-0.4, -0.2) is 21.0 Å². The molecule has 1 aliphatic heterocycles. The minimum atomic E-state index is -0.864. The Morgan fingerprint density at radius 3 is 2.70 bits per heavy atom. The van der Waals surface area contributed by atoms with Crippen LogP contribution in [0.3, 0.4) is 0 Å². The van der Waals surface area contributed by atoms with Gasteiger partial charge in [-0.15, -0.1) is 23.1 Å². The second-order valence-electron chi connectivity index (χ2n) is 5.75. The van der Waals surface area contributed by atoms with Crippen molar-refractivity contribution in [1.82, 2.24) is 9.97 Å². The third-order valence-corrected chi connectivity index (χ3v) is 5.85. The molecule has 5 nitrogen and oxygen atoms in total. The van der Waals surface area contributed by atoms with Gasteiger partial charge in [-0.25, -0.2) is 4.98 Å². The first kappa shape index (κ1) is 18.0. The molecule has 8 heteroatoms. The molecule has 0 bridgehead atoms. The fourth-order valence-corrected chi connectivity index (χ4v) is 4.32. The van der Waals surface area contributed by atoms with E-state index in [0.717, 1.165) is 21.9 Å². The van der Waals surface area contributed by atoms with Gasteiger partial charge < -0.3 is 9.84 Å². The summed E-state index contributed by atoms with van der Waals surface area (Å²) in [7, 11) is 0. The summed E-state index contributed by atoms with van der Waals surface area (Å²) in [4.78, 5) is 20.9. The first-order valence-corrected chi connectivity index (χ1v) is 10.3. The van der Waals surface area contributed by atoms with E-state index >= 15 is 0 Å². The van der Waals surface area contributed by atoms with E-state index in [1.54, 1.807) is 36.0 Å². The van der Waals surface area contributed by atoms with Crippen LogP contribution in [0.4, 0.5) is 0 Å². The van der Waals surface area contributed by atoms with Gasteiger partial charge in [0.2, 0.25) is 5.88 Å². The van der Waals surface area contributed by atoms with Crippen LogP contribution >= 0.6 is 34.7 Å². The van der Waals surface area contributed by atoms with Crippen molar-refractivity contribution in [3.8, 4) is 22.3 Å². The van der Waals surface area contributed by atoms with Gasteiger partial charge >= 0.3 is 5.97 Å². The molecule has 0 saturated heterocycles. The Labute approximate surface area is 168 Å². The summed E-state index contributed by atoms with van der Waals surface area (Å²) in [6.07, 6.45) is 1.93. The number of thioether (sulfide) groups is 1. The second-order valence-corrected chi connectivity index (χ2v) is 8.36. The van der Waals surface area contributed by atoms with Crippen molar-refractivity contribution in [2.45, 2.75) is 12.2 Å². The van der Waals surface area contributed by atoms with Crippen molar-refractivity contribution >= 4 is 46.7 Å². The quantitative estimate of drug-likeness (QED) is 0.592. The van der Waals surface area contributed by atoms with Gasteiger partial charge in [0.25, 0.3) is 0 Å². The molecule has 0 amide bonds. The summed E-state index contributed by atoms with van der Waals surface area (Å²) in [5.41, 5.74) is 2.48. The van der Waals surface area contributed by atoms with E-state index in [2.05, 4.69) is 9.97 Å². The Morgan fingerprint density at radius 2 is 2.00 bits per heavy atom. The lowest BCUT2D eigenvalue weighted by Crippen LogP contribution is -2.04. The number of halogens is 1. The molecule has 3 heterocycles. The highest BCUT2D eigenvalue weighted by Crippen LogP contribution is 2.36. The van der Waals surface area contributed by atoms with Gasteiger partial charge in [-0.2, -0.15) is 4.98 Å². The van der Waals surface area contributed by atoms with Crippen molar-refractivity contribution < 1.29 is 14.6 Å². The van der Waals surface area contributed by atoms with Crippen molar-refractivity contribution in [1.29, 1.82) is 0 Å². The van der Waals surface area contributed by atoms with E-state index < -0.39 is 5.97 Å². The number of aliphatic carboxylic acids is 1. The van der Waals surface area contributed by atoms with Crippen LogP contribution in [0.15, 0.2) is 41.8 Å². The number of hydrogen-bond donors (Lipinski definition) is 1. The van der Waals surface area contributed by atoms with E-state index in [1.807, 2.05) is 23.6 Å². The summed E-state index contributed by atoms with van der Waals surface area (Å²) in [6.45, 7) is 0. The maximum atomic E-state index is 10.8. The average Bonchev–Trinajstić information content (AvgIpc) is 3.09. The molecule has 3 aromatic rings. The highest BCUT2D eigenvalue weighted by atomic mass is 35.5. The van der Waals surface area contributed by atoms with Crippen LogP contribution in [0.1, 0.15) is 16.8 Å². The number of fused-ring (bicyclic) bond motifs is 1. The lowest BCUT2D eigenvalue weighted by atomic mass is 10.1. The average molecular weight is 417 g/mol. The molecule has 0 fully saturated rings. The molecular formula is C19H13ClN2O3S2. The number of benzene rings is 1. The second kappa shape index (κ2) is 7.72. The molecule has 136 valence electrons. The van der Waals surface area contributed by atoms with Crippen molar-refractivity contribution in [3.63, 3.8) is 0 Å². The van der Waals surface area contributed by atoms with Crippen LogP contribution in [0.5, 0.6) is 11.6 Å². The number of aromatic nitrogens is 2. The molecule has 2 aromatic heterocycles. The maximum Gasteiger partial charge on any atom is 0.307 e. The number of thiophene rings is 1. The van der Waals surface area contributed by atoms with Gasteiger partial charge in [0.15, 0.2) is 5.82 Å². The number of carboxylic acids is 1. The first-order chi connectivity index (χ1) is 13.1. The van der Waals surface area contributed by atoms with E-state index in [0.29, 0.717) is 27.4 Å². The van der Waals surface area contributed by atoms with E-state index in [1.165, 1.54) is 11.3 Å². The predicted molar refractivity (Wildman–Crippen MR) is 109 cm³/mol. The van der Waals surface area contributed by atoms with Crippen LogP contribution in [-0.2, 0) is 17.0 Å². The molecule has 0 aliphatic carbocycles. The summed E-state index contributed by atoms with van der Waals surface area (Å²) in [5.74, 6) is 1.53. The van der Waals surface area contributed by atoms with Crippen LogP contribution in [0, 0.1) is 0 Å². The molecule has 1 aliphatic rings. The molecule has 1 N–H and O–H groups in total.